The molecule has 0 bridgehead atoms. The molecule has 0 N–H and O–H groups in total. The highest BCUT2D eigenvalue weighted by Crippen LogP contribution is 2.44. The molecule has 1 atom stereocenters. The fourth-order valence-electron chi connectivity index (χ4n) is 3.71. The Balaban J connectivity index is 1.44. The third-order valence-corrected chi connectivity index (χ3v) is 7.41. The summed E-state index contributed by atoms with van der Waals surface area (Å²) in [5.41, 5.74) is 1.71. The monoisotopic (exact) mass is 499 g/mol. The molecule has 5 rings (SSSR count). The predicted molar refractivity (Wildman–Crippen MR) is 135 cm³/mol. The number of amides is 1. The molecule has 0 aliphatic carbocycles. The second-order valence-electron chi connectivity index (χ2n) is 7.29. The summed E-state index contributed by atoms with van der Waals surface area (Å²) in [6, 6.07) is 24.5. The first-order valence-electron chi connectivity index (χ1n) is 9.85. The summed E-state index contributed by atoms with van der Waals surface area (Å²) in [5, 5.41) is 3.38. The van der Waals surface area contributed by atoms with Gasteiger partial charge in [0.15, 0.2) is 0 Å². The van der Waals surface area contributed by atoms with Crippen molar-refractivity contribution in [2.75, 3.05) is 10.7 Å². The molecule has 1 aliphatic heterocycles. The number of hydrogen-bond acceptors (Lipinski definition) is 3. The van der Waals surface area contributed by atoms with Gasteiger partial charge >= 0.3 is 0 Å². The molecule has 0 aromatic heterocycles. The van der Waals surface area contributed by atoms with Crippen molar-refractivity contribution in [2.45, 2.75) is 5.37 Å². The molecule has 0 spiro atoms. The molecule has 1 heterocycles. The van der Waals surface area contributed by atoms with Gasteiger partial charge in [0, 0.05) is 16.1 Å². The lowest BCUT2D eigenvalue weighted by molar-refractivity contribution is -0.115. The largest absolute Gasteiger partial charge is 0.454 e. The van der Waals surface area contributed by atoms with E-state index in [1.54, 1.807) is 28.8 Å². The maximum atomic E-state index is 12.7. The van der Waals surface area contributed by atoms with E-state index >= 15 is 0 Å². The lowest BCUT2D eigenvalue weighted by atomic mass is 10.1. The molecule has 1 unspecified atom stereocenters. The van der Waals surface area contributed by atoms with E-state index in [0.717, 1.165) is 16.3 Å². The molecule has 0 saturated carbocycles. The van der Waals surface area contributed by atoms with E-state index < -0.39 is 0 Å². The molecule has 160 valence electrons. The number of fused-ring (bicyclic) bond motifs is 1. The van der Waals surface area contributed by atoms with Crippen molar-refractivity contribution in [2.24, 2.45) is 0 Å². The van der Waals surface area contributed by atoms with E-state index in [4.69, 9.17) is 39.5 Å². The van der Waals surface area contributed by atoms with Crippen LogP contribution in [-0.4, -0.2) is 11.7 Å². The molecule has 1 amide bonds. The summed E-state index contributed by atoms with van der Waals surface area (Å²) in [5.74, 6) is 1.41. The summed E-state index contributed by atoms with van der Waals surface area (Å²) >= 11 is 20.7. The van der Waals surface area contributed by atoms with Crippen LogP contribution in [0.15, 0.2) is 78.9 Å². The highest BCUT2D eigenvalue weighted by molar-refractivity contribution is 8.00. The standard InChI is InChI=1S/C25H16Cl3NO2S/c26-17-8-5-16(6-9-17)25-29(23(30)14-32-25)18-10-12-21(20(27)13-18)31-22-11-7-15-3-1-2-4-19(15)24(22)28/h1-13,25H,14H2. The van der Waals surface area contributed by atoms with Gasteiger partial charge in [-0.2, -0.15) is 0 Å². The van der Waals surface area contributed by atoms with Gasteiger partial charge in [0.05, 0.1) is 15.8 Å². The number of carbonyl (C=O) groups is 1. The predicted octanol–water partition coefficient (Wildman–Crippen LogP) is 8.37. The van der Waals surface area contributed by atoms with Crippen molar-refractivity contribution in [1.29, 1.82) is 0 Å². The van der Waals surface area contributed by atoms with Crippen LogP contribution in [0.25, 0.3) is 10.8 Å². The summed E-state index contributed by atoms with van der Waals surface area (Å²) in [4.78, 5) is 14.4. The van der Waals surface area contributed by atoms with Crippen molar-refractivity contribution in [1.82, 2.24) is 0 Å². The van der Waals surface area contributed by atoms with Crippen molar-refractivity contribution < 1.29 is 9.53 Å². The van der Waals surface area contributed by atoms with Crippen LogP contribution >= 0.6 is 46.6 Å². The second-order valence-corrected chi connectivity index (χ2v) is 9.58. The van der Waals surface area contributed by atoms with Crippen molar-refractivity contribution in [3.05, 3.63) is 99.5 Å². The first kappa shape index (κ1) is 21.5. The number of ether oxygens (including phenoxy) is 1. The van der Waals surface area contributed by atoms with Crippen molar-refractivity contribution >= 4 is 68.9 Å². The van der Waals surface area contributed by atoms with E-state index in [-0.39, 0.29) is 11.3 Å². The minimum Gasteiger partial charge on any atom is -0.454 e. The van der Waals surface area contributed by atoms with Gasteiger partial charge in [-0.15, -0.1) is 11.8 Å². The number of nitrogens with zero attached hydrogens (tertiary/aromatic N) is 1. The van der Waals surface area contributed by atoms with Gasteiger partial charge in [-0.05, 0) is 47.3 Å². The zero-order valence-corrected chi connectivity index (χ0v) is 19.7. The summed E-state index contributed by atoms with van der Waals surface area (Å²) in [6.07, 6.45) is 0. The molecule has 1 aliphatic rings. The van der Waals surface area contributed by atoms with E-state index in [9.17, 15) is 4.79 Å². The molecule has 1 saturated heterocycles. The Bertz CT molecular complexity index is 1330. The molecule has 1 fully saturated rings. The molecule has 4 aromatic rings. The van der Waals surface area contributed by atoms with Gasteiger partial charge < -0.3 is 4.74 Å². The number of thioether (sulfide) groups is 1. The number of benzene rings is 4. The van der Waals surface area contributed by atoms with Crippen LogP contribution in [0.1, 0.15) is 10.9 Å². The third-order valence-electron chi connectivity index (χ3n) is 5.26. The molecule has 7 heteroatoms. The minimum absolute atomic E-state index is 0.0252. The molecule has 4 aromatic carbocycles. The van der Waals surface area contributed by atoms with Gasteiger partial charge in [0.25, 0.3) is 0 Å². The number of hydrogen-bond donors (Lipinski definition) is 0. The fraction of sp³-hybridized carbons (Fsp3) is 0.0800. The van der Waals surface area contributed by atoms with Gasteiger partial charge in [0.2, 0.25) is 5.91 Å². The normalized spacial score (nSPS) is 16.0. The van der Waals surface area contributed by atoms with Crippen molar-refractivity contribution in [3.63, 3.8) is 0 Å². The van der Waals surface area contributed by atoms with Crippen LogP contribution in [-0.2, 0) is 4.79 Å². The third kappa shape index (κ3) is 4.04. The zero-order chi connectivity index (χ0) is 22.2. The zero-order valence-electron chi connectivity index (χ0n) is 16.6. The Morgan fingerprint density at radius 3 is 2.41 bits per heavy atom. The van der Waals surface area contributed by atoms with Crippen LogP contribution in [0.3, 0.4) is 0 Å². The van der Waals surface area contributed by atoms with E-state index in [0.29, 0.717) is 38.0 Å². The smallest absolute Gasteiger partial charge is 0.238 e. The SMILES string of the molecule is O=C1CSC(c2ccc(Cl)cc2)N1c1ccc(Oc2ccc3ccccc3c2Cl)c(Cl)c1. The lowest BCUT2D eigenvalue weighted by Crippen LogP contribution is -2.27. The van der Waals surface area contributed by atoms with Crippen LogP contribution < -0.4 is 9.64 Å². The molecular weight excluding hydrogens is 485 g/mol. The van der Waals surface area contributed by atoms with Crippen molar-refractivity contribution in [3.8, 4) is 11.5 Å². The van der Waals surface area contributed by atoms with E-state index in [2.05, 4.69) is 0 Å². The van der Waals surface area contributed by atoms with Gasteiger partial charge in [-0.1, -0.05) is 77.3 Å². The Labute approximate surface area is 204 Å². The Hall–Kier alpha value is -2.37. The lowest BCUT2D eigenvalue weighted by Gasteiger charge is -2.25. The quantitative estimate of drug-likeness (QED) is 0.282. The molecular formula is C25H16Cl3NO2S. The highest BCUT2D eigenvalue weighted by atomic mass is 35.5. The Morgan fingerprint density at radius 1 is 0.875 bits per heavy atom. The molecule has 0 radical (unpaired) electrons. The minimum atomic E-state index is -0.141. The maximum Gasteiger partial charge on any atom is 0.238 e. The van der Waals surface area contributed by atoms with E-state index in [1.165, 1.54) is 0 Å². The molecule has 32 heavy (non-hydrogen) atoms. The number of anilines is 1. The van der Waals surface area contributed by atoms with E-state index in [1.807, 2.05) is 66.7 Å². The topological polar surface area (TPSA) is 29.5 Å². The van der Waals surface area contributed by atoms with Crippen LogP contribution in [0.2, 0.25) is 15.1 Å². The first-order valence-corrected chi connectivity index (χ1v) is 12.0. The number of halogens is 3. The molecule has 3 nitrogen and oxygen atoms in total. The van der Waals surface area contributed by atoms with Crippen LogP contribution in [0.5, 0.6) is 11.5 Å². The van der Waals surface area contributed by atoms with Gasteiger partial charge in [-0.3, -0.25) is 9.69 Å². The summed E-state index contributed by atoms with van der Waals surface area (Å²) in [6.45, 7) is 0. The van der Waals surface area contributed by atoms with Crippen LogP contribution in [0.4, 0.5) is 5.69 Å². The van der Waals surface area contributed by atoms with Crippen LogP contribution in [0, 0.1) is 0 Å². The average Bonchev–Trinajstić information content (AvgIpc) is 3.19. The van der Waals surface area contributed by atoms with Gasteiger partial charge in [0.1, 0.15) is 16.9 Å². The number of rotatable bonds is 4. The average molecular weight is 501 g/mol. The fourth-order valence-corrected chi connectivity index (χ4v) is 5.50. The van der Waals surface area contributed by atoms with Gasteiger partial charge in [-0.25, -0.2) is 0 Å². The second kappa shape index (κ2) is 8.87. The maximum absolute atomic E-state index is 12.7. The Kier molecular flexibility index (Phi) is 5.95. The number of carbonyl (C=O) groups excluding carboxylic acids is 1. The summed E-state index contributed by atoms with van der Waals surface area (Å²) in [7, 11) is 0. The first-order chi connectivity index (χ1) is 15.5. The Morgan fingerprint density at radius 2 is 1.62 bits per heavy atom. The highest BCUT2D eigenvalue weighted by Gasteiger charge is 2.34. The summed E-state index contributed by atoms with van der Waals surface area (Å²) < 4.78 is 6.03.